The van der Waals surface area contributed by atoms with Crippen LogP contribution in [0.3, 0.4) is 0 Å². The van der Waals surface area contributed by atoms with Gasteiger partial charge < -0.3 is 29.7 Å². The van der Waals surface area contributed by atoms with Gasteiger partial charge in [0.05, 0.1) is 30.4 Å². The summed E-state index contributed by atoms with van der Waals surface area (Å²) in [5, 5.41) is 13.4. The predicted molar refractivity (Wildman–Crippen MR) is 154 cm³/mol. The molecule has 11 heteroatoms. The quantitative estimate of drug-likeness (QED) is 0.109. The first kappa shape index (κ1) is 31.2. The van der Waals surface area contributed by atoms with Crippen molar-refractivity contribution >= 4 is 35.0 Å². The molecule has 5 atom stereocenters. The highest BCUT2D eigenvalue weighted by Gasteiger charge is 2.40. The molecule has 216 valence electrons. The number of nitrogens with zero attached hydrogens (tertiary/aromatic N) is 2. The number of nitrogens with two attached hydrogens (primary N) is 1. The lowest BCUT2D eigenvalue weighted by atomic mass is 9.96. The molecule has 1 aromatic carbocycles. The summed E-state index contributed by atoms with van der Waals surface area (Å²) in [5.74, 6) is -0.165. The molecule has 0 spiro atoms. The van der Waals surface area contributed by atoms with Crippen molar-refractivity contribution < 1.29 is 22.8 Å². The largest absolute Gasteiger partial charge is 0.460 e. The van der Waals surface area contributed by atoms with Crippen molar-refractivity contribution in [1.82, 2.24) is 14.9 Å². The van der Waals surface area contributed by atoms with Gasteiger partial charge >= 0.3 is 0 Å². The molecule has 0 aliphatic heterocycles. The maximum absolute atomic E-state index is 13.8. The average molecular weight is 572 g/mol. The van der Waals surface area contributed by atoms with E-state index in [1.807, 2.05) is 25.3 Å². The zero-order chi connectivity index (χ0) is 28.3. The summed E-state index contributed by atoms with van der Waals surface area (Å²) in [6.07, 6.45) is -0.128. The highest BCUT2D eigenvalue weighted by Crippen LogP contribution is 2.43. The monoisotopic (exact) mass is 571 g/mol. The Morgan fingerprint density at radius 3 is 2.42 bits per heavy atom. The highest BCUT2D eigenvalue weighted by atomic mass is 32.2. The highest BCUT2D eigenvalue weighted by molar-refractivity contribution is 7.84. The fourth-order valence-corrected chi connectivity index (χ4v) is 6.27. The van der Waals surface area contributed by atoms with Gasteiger partial charge in [-0.25, -0.2) is 4.98 Å². The van der Waals surface area contributed by atoms with Crippen molar-refractivity contribution in [2.24, 2.45) is 23.5 Å². The van der Waals surface area contributed by atoms with Crippen LogP contribution >= 0.6 is 0 Å². The summed E-state index contributed by atoms with van der Waals surface area (Å²) in [5.41, 5.74) is 9.33. The zero-order valence-corrected chi connectivity index (χ0v) is 25.4. The Kier molecular flexibility index (Phi) is 10.5. The van der Waals surface area contributed by atoms with E-state index >= 15 is 0 Å². The summed E-state index contributed by atoms with van der Waals surface area (Å²) in [7, 11) is -2.60. The Labute approximate surface area is 228 Å². The van der Waals surface area contributed by atoms with E-state index in [4.69, 9.17) is 15.5 Å². The molecule has 4 N–H and O–H groups in total. The summed E-state index contributed by atoms with van der Waals surface area (Å²) in [6.45, 7) is 12.2. The summed E-state index contributed by atoms with van der Waals surface area (Å²) in [4.78, 5) is 4.93. The van der Waals surface area contributed by atoms with Gasteiger partial charge in [0.25, 0.3) is 0 Å². The molecule has 38 heavy (non-hydrogen) atoms. The third kappa shape index (κ3) is 7.85. The van der Waals surface area contributed by atoms with Gasteiger partial charge in [0, 0.05) is 14.7 Å². The second kappa shape index (κ2) is 12.9. The SMILES string of the molecule is CC(C)(C)/[S-](=O)=C/N[C@H](c1nc2ccc([C@H](N)O)cc2n1COCC[Si](C)(C)C)C1C[C@@H](CF)[C@@H](CF)C1. The fourth-order valence-electron chi connectivity index (χ4n) is 4.89. The molecule has 1 unspecified atom stereocenters. The molecule has 0 radical (unpaired) electrons. The van der Waals surface area contributed by atoms with E-state index in [-0.39, 0.29) is 24.5 Å². The van der Waals surface area contributed by atoms with Crippen LogP contribution in [0.1, 0.15) is 57.3 Å². The van der Waals surface area contributed by atoms with Crippen molar-refractivity contribution in [3.05, 3.63) is 29.6 Å². The van der Waals surface area contributed by atoms with Crippen LogP contribution in [0.4, 0.5) is 8.78 Å². The van der Waals surface area contributed by atoms with Crippen molar-refractivity contribution in [3.63, 3.8) is 0 Å². The molecule has 0 bridgehead atoms. The van der Waals surface area contributed by atoms with Crippen molar-refractivity contribution in [3.8, 4) is 0 Å². The lowest BCUT2D eigenvalue weighted by molar-refractivity contribution is 0.0858. The van der Waals surface area contributed by atoms with E-state index in [2.05, 4.69) is 25.0 Å². The first-order valence-electron chi connectivity index (χ1n) is 13.4. The van der Waals surface area contributed by atoms with Crippen LogP contribution in [0, 0.1) is 17.8 Å². The molecular weight excluding hydrogens is 526 g/mol. The normalized spacial score (nSPS) is 23.3. The second-order valence-corrected chi connectivity index (χ2v) is 20.3. The number of fused-ring (bicyclic) bond motifs is 1. The molecule has 0 saturated heterocycles. The summed E-state index contributed by atoms with van der Waals surface area (Å²) < 4.78 is 48.1. The maximum Gasteiger partial charge on any atom is 0.129 e. The van der Waals surface area contributed by atoms with E-state index < -0.39 is 48.8 Å². The molecule has 1 aliphatic carbocycles. The van der Waals surface area contributed by atoms with E-state index in [9.17, 15) is 18.1 Å². The third-order valence-corrected chi connectivity index (χ3v) is 10.6. The van der Waals surface area contributed by atoms with Crippen molar-refractivity contribution in [2.75, 3.05) is 20.0 Å². The van der Waals surface area contributed by atoms with Gasteiger partial charge in [0.2, 0.25) is 0 Å². The van der Waals surface area contributed by atoms with Crippen LogP contribution in [0.25, 0.3) is 11.0 Å². The van der Waals surface area contributed by atoms with Gasteiger partial charge in [-0.15, -0.1) is 5.49 Å². The molecule has 1 aromatic heterocycles. The van der Waals surface area contributed by atoms with Crippen LogP contribution in [0.5, 0.6) is 0 Å². The van der Waals surface area contributed by atoms with E-state index in [1.165, 1.54) is 0 Å². The van der Waals surface area contributed by atoms with Crippen LogP contribution in [-0.4, -0.2) is 52.9 Å². The number of benzene rings is 1. The number of imidazole rings is 1. The maximum atomic E-state index is 13.8. The minimum Gasteiger partial charge on any atom is -0.460 e. The van der Waals surface area contributed by atoms with Crippen molar-refractivity contribution in [1.29, 1.82) is 0 Å². The molecule has 1 aliphatic rings. The van der Waals surface area contributed by atoms with Gasteiger partial charge in [-0.1, -0.05) is 51.2 Å². The number of aliphatic hydroxyl groups excluding tert-OH is 1. The fraction of sp³-hybridized carbons (Fsp3) is 0.704. The Morgan fingerprint density at radius 2 is 1.89 bits per heavy atom. The average Bonchev–Trinajstić information content (AvgIpc) is 3.41. The Bertz CT molecular complexity index is 1140. The number of aliphatic hydroxyl groups is 1. The van der Waals surface area contributed by atoms with E-state index in [1.54, 1.807) is 23.7 Å². The molecule has 1 fully saturated rings. The van der Waals surface area contributed by atoms with E-state index in [0.29, 0.717) is 36.4 Å². The number of aromatic nitrogens is 2. The van der Waals surface area contributed by atoms with Gasteiger partial charge in [-0.3, -0.25) is 19.2 Å². The first-order valence-corrected chi connectivity index (χ1v) is 18.3. The number of hydrogen-bond acceptors (Lipinski definition) is 6. The first-order chi connectivity index (χ1) is 17.7. The molecule has 0 amide bonds. The standard InChI is InChI=1S/C27H45F2N4O3SSi/c1-27(2,3)37(35)16-31-24(19-11-20(14-28)21(12-19)15-29)26-32-22-8-7-18(25(30)34)13-23(22)33(26)17-36-9-10-38(4,5)6/h7-8,13,16,19-21,24-25,31,34H,9-12,14-15,17,30H2,1-6H3/q-1/t19?,20-,21+,24-,25+/m0/s1. The van der Waals surface area contributed by atoms with Crippen molar-refractivity contribution in [2.45, 2.75) is 83.0 Å². The minimum atomic E-state index is -1.30. The number of alkyl halides is 2. The number of rotatable bonds is 12. The topological polar surface area (TPSA) is 102 Å². The molecule has 1 heterocycles. The Balaban J connectivity index is 2.08. The summed E-state index contributed by atoms with van der Waals surface area (Å²) in [6, 6.07) is 5.92. The van der Waals surface area contributed by atoms with Crippen LogP contribution in [-0.2, 0) is 26.1 Å². The number of halogens is 2. The molecule has 2 aromatic rings. The van der Waals surface area contributed by atoms with Gasteiger partial charge in [0.1, 0.15) is 18.8 Å². The van der Waals surface area contributed by atoms with E-state index in [0.717, 1.165) is 11.6 Å². The van der Waals surface area contributed by atoms with Gasteiger partial charge in [-0.2, -0.15) is 0 Å². The predicted octanol–water partition coefficient (Wildman–Crippen LogP) is 5.03. The Hall–Kier alpha value is -1.37. The molecule has 7 nitrogen and oxygen atoms in total. The number of nitrogens with one attached hydrogen (secondary N) is 1. The zero-order valence-electron chi connectivity index (χ0n) is 23.5. The molecular formula is C27H45F2N4O3SSi-. The third-order valence-electron chi connectivity index (χ3n) is 7.34. The molecule has 1 saturated carbocycles. The van der Waals surface area contributed by atoms with Crippen LogP contribution in [0.15, 0.2) is 18.2 Å². The smallest absolute Gasteiger partial charge is 0.129 e. The second-order valence-electron chi connectivity index (χ2n) is 12.7. The van der Waals surface area contributed by atoms with Crippen LogP contribution in [0.2, 0.25) is 25.7 Å². The minimum absolute atomic E-state index is 0.109. The summed E-state index contributed by atoms with van der Waals surface area (Å²) >= 11 is 0. The Morgan fingerprint density at radius 1 is 1.26 bits per heavy atom. The lowest BCUT2D eigenvalue weighted by Crippen LogP contribution is -2.32. The molecule has 3 rings (SSSR count). The van der Waals surface area contributed by atoms with Gasteiger partial charge in [0.15, 0.2) is 0 Å². The lowest BCUT2D eigenvalue weighted by Gasteiger charge is -2.28. The number of hydrogen-bond donors (Lipinski definition) is 3. The van der Waals surface area contributed by atoms with Gasteiger partial charge in [-0.05, 0) is 54.3 Å². The number of ether oxygens (including phenoxy) is 1. The van der Waals surface area contributed by atoms with Crippen LogP contribution < -0.4 is 11.1 Å².